The van der Waals surface area contributed by atoms with Crippen LogP contribution in [0.4, 0.5) is 4.39 Å². The molecule has 1 aromatic rings. The van der Waals surface area contributed by atoms with E-state index in [4.69, 9.17) is 4.74 Å². The van der Waals surface area contributed by atoms with Crippen molar-refractivity contribution in [1.82, 2.24) is 5.32 Å². The Bertz CT molecular complexity index is 354. The Morgan fingerprint density at radius 1 is 1.28 bits per heavy atom. The molecule has 0 radical (unpaired) electrons. The lowest BCUT2D eigenvalue weighted by molar-refractivity contribution is 0.299. The molecule has 0 bridgehead atoms. The summed E-state index contributed by atoms with van der Waals surface area (Å²) in [6, 6.07) is 4.81. The predicted molar refractivity (Wildman–Crippen MR) is 73.5 cm³/mol. The van der Waals surface area contributed by atoms with Crippen molar-refractivity contribution in [2.75, 3.05) is 13.7 Å². The molecule has 1 aromatic carbocycles. The van der Waals surface area contributed by atoms with Crippen molar-refractivity contribution in [1.29, 1.82) is 0 Å². The largest absolute Gasteiger partial charge is 0.493 e. The summed E-state index contributed by atoms with van der Waals surface area (Å²) in [5, 5.41) is 3.11. The lowest BCUT2D eigenvalue weighted by atomic mass is 10.1. The van der Waals surface area contributed by atoms with Crippen LogP contribution in [0.2, 0.25) is 0 Å². The Kier molecular flexibility index (Phi) is 6.73. The van der Waals surface area contributed by atoms with E-state index in [0.29, 0.717) is 6.61 Å². The third kappa shape index (κ3) is 4.65. The van der Waals surface area contributed by atoms with Crippen molar-refractivity contribution in [2.24, 2.45) is 0 Å². The average molecular weight is 253 g/mol. The fraction of sp³-hybridized carbons (Fsp3) is 0.600. The Morgan fingerprint density at radius 2 is 2.06 bits per heavy atom. The highest BCUT2D eigenvalue weighted by atomic mass is 19.1. The summed E-state index contributed by atoms with van der Waals surface area (Å²) in [5.74, 6) is 0.570. The normalized spacial score (nSPS) is 12.4. The van der Waals surface area contributed by atoms with Crippen LogP contribution in [0.5, 0.6) is 5.75 Å². The highest BCUT2D eigenvalue weighted by Crippen LogP contribution is 2.26. The van der Waals surface area contributed by atoms with Gasteiger partial charge in [0.15, 0.2) is 0 Å². The Morgan fingerprint density at radius 3 is 2.72 bits per heavy atom. The minimum absolute atomic E-state index is 0.0892. The number of benzene rings is 1. The second-order valence-electron chi connectivity index (χ2n) is 4.60. The van der Waals surface area contributed by atoms with E-state index in [2.05, 4.69) is 12.2 Å². The van der Waals surface area contributed by atoms with Crippen molar-refractivity contribution in [3.8, 4) is 5.75 Å². The molecule has 1 unspecified atom stereocenters. The van der Waals surface area contributed by atoms with Crippen molar-refractivity contribution in [2.45, 2.75) is 45.6 Å². The van der Waals surface area contributed by atoms with Gasteiger partial charge in [0, 0.05) is 11.6 Å². The van der Waals surface area contributed by atoms with E-state index in [-0.39, 0.29) is 11.9 Å². The lowest BCUT2D eigenvalue weighted by Crippen LogP contribution is -2.14. The Balaban J connectivity index is 2.58. The molecule has 1 N–H and O–H groups in total. The van der Waals surface area contributed by atoms with Crippen molar-refractivity contribution in [3.63, 3.8) is 0 Å². The van der Waals surface area contributed by atoms with Crippen LogP contribution in [-0.2, 0) is 0 Å². The second-order valence-corrected chi connectivity index (χ2v) is 4.60. The molecule has 3 heteroatoms. The van der Waals surface area contributed by atoms with Gasteiger partial charge in [-0.1, -0.05) is 26.2 Å². The fourth-order valence-electron chi connectivity index (χ4n) is 1.86. The summed E-state index contributed by atoms with van der Waals surface area (Å²) in [7, 11) is 1.86. The second kappa shape index (κ2) is 8.09. The molecule has 0 fully saturated rings. The standard InChI is InChI=1S/C15H24FNO/c1-4-5-6-7-10-18-15-9-8-13(16)11-14(15)12(2)17-3/h8-9,11-12,17H,4-7,10H2,1-3H3. The molecule has 0 spiro atoms. The highest BCUT2D eigenvalue weighted by Gasteiger charge is 2.11. The molecule has 1 rings (SSSR count). The minimum Gasteiger partial charge on any atom is -0.493 e. The molecule has 0 saturated carbocycles. The molecule has 1 atom stereocenters. The van der Waals surface area contributed by atoms with Gasteiger partial charge in [0.1, 0.15) is 11.6 Å². The maximum absolute atomic E-state index is 13.2. The first-order valence-corrected chi connectivity index (χ1v) is 6.78. The van der Waals surface area contributed by atoms with Gasteiger partial charge in [-0.3, -0.25) is 0 Å². The van der Waals surface area contributed by atoms with Gasteiger partial charge in [-0.05, 0) is 38.6 Å². The first kappa shape index (κ1) is 15.0. The molecule has 102 valence electrons. The van der Waals surface area contributed by atoms with E-state index in [1.807, 2.05) is 14.0 Å². The van der Waals surface area contributed by atoms with Gasteiger partial charge in [0.25, 0.3) is 0 Å². The Hall–Kier alpha value is -1.09. The van der Waals surface area contributed by atoms with E-state index < -0.39 is 0 Å². The van der Waals surface area contributed by atoms with Gasteiger partial charge >= 0.3 is 0 Å². The number of hydrogen-bond acceptors (Lipinski definition) is 2. The van der Waals surface area contributed by atoms with Gasteiger partial charge in [-0.2, -0.15) is 0 Å². The van der Waals surface area contributed by atoms with E-state index >= 15 is 0 Å². The smallest absolute Gasteiger partial charge is 0.124 e. The summed E-state index contributed by atoms with van der Waals surface area (Å²) in [5.41, 5.74) is 0.882. The molecular formula is C15H24FNO. The number of rotatable bonds is 8. The quantitative estimate of drug-likeness (QED) is 0.705. The third-order valence-electron chi connectivity index (χ3n) is 3.13. The number of nitrogens with one attached hydrogen (secondary N) is 1. The van der Waals surface area contributed by atoms with E-state index in [1.165, 1.54) is 25.3 Å². The topological polar surface area (TPSA) is 21.3 Å². The van der Waals surface area contributed by atoms with Gasteiger partial charge in [-0.15, -0.1) is 0 Å². The average Bonchev–Trinajstić information content (AvgIpc) is 2.39. The summed E-state index contributed by atoms with van der Waals surface area (Å²) in [4.78, 5) is 0. The SMILES string of the molecule is CCCCCCOc1ccc(F)cc1C(C)NC. The first-order chi connectivity index (χ1) is 8.69. The van der Waals surface area contributed by atoms with Gasteiger partial charge in [-0.25, -0.2) is 4.39 Å². The van der Waals surface area contributed by atoms with E-state index in [1.54, 1.807) is 12.1 Å². The zero-order valence-electron chi connectivity index (χ0n) is 11.6. The number of halogens is 1. The van der Waals surface area contributed by atoms with Gasteiger partial charge in [0.05, 0.1) is 6.61 Å². The van der Waals surface area contributed by atoms with Crippen LogP contribution in [0, 0.1) is 5.82 Å². The number of ether oxygens (including phenoxy) is 1. The molecule has 2 nitrogen and oxygen atoms in total. The lowest BCUT2D eigenvalue weighted by Gasteiger charge is -2.16. The zero-order valence-corrected chi connectivity index (χ0v) is 11.6. The maximum Gasteiger partial charge on any atom is 0.124 e. The van der Waals surface area contributed by atoms with Crippen LogP contribution in [0.3, 0.4) is 0 Å². The van der Waals surface area contributed by atoms with Crippen LogP contribution < -0.4 is 10.1 Å². The van der Waals surface area contributed by atoms with Gasteiger partial charge < -0.3 is 10.1 Å². The number of hydrogen-bond donors (Lipinski definition) is 1. The molecule has 0 amide bonds. The molecule has 0 aliphatic rings. The minimum atomic E-state index is -0.217. The van der Waals surface area contributed by atoms with Crippen molar-refractivity contribution < 1.29 is 9.13 Å². The summed E-state index contributed by atoms with van der Waals surface area (Å²) in [6.45, 7) is 4.89. The molecular weight excluding hydrogens is 229 g/mol. The summed E-state index contributed by atoms with van der Waals surface area (Å²) < 4.78 is 19.0. The molecule has 0 aliphatic heterocycles. The molecule has 18 heavy (non-hydrogen) atoms. The summed E-state index contributed by atoms with van der Waals surface area (Å²) >= 11 is 0. The molecule has 0 saturated heterocycles. The monoisotopic (exact) mass is 253 g/mol. The molecule has 0 heterocycles. The highest BCUT2D eigenvalue weighted by molar-refractivity contribution is 5.36. The zero-order chi connectivity index (χ0) is 13.4. The van der Waals surface area contributed by atoms with Crippen LogP contribution in [0.15, 0.2) is 18.2 Å². The fourth-order valence-corrected chi connectivity index (χ4v) is 1.86. The molecule has 0 aromatic heterocycles. The van der Waals surface area contributed by atoms with Crippen LogP contribution >= 0.6 is 0 Å². The Labute approximate surface area is 110 Å². The third-order valence-corrected chi connectivity index (χ3v) is 3.13. The summed E-state index contributed by atoms with van der Waals surface area (Å²) in [6.07, 6.45) is 4.71. The van der Waals surface area contributed by atoms with Crippen molar-refractivity contribution in [3.05, 3.63) is 29.6 Å². The predicted octanol–water partition coefficient (Wildman–Crippen LogP) is 4.07. The molecule has 0 aliphatic carbocycles. The maximum atomic E-state index is 13.2. The first-order valence-electron chi connectivity index (χ1n) is 6.78. The van der Waals surface area contributed by atoms with Gasteiger partial charge in [0.2, 0.25) is 0 Å². The number of unbranched alkanes of at least 4 members (excludes halogenated alkanes) is 3. The van der Waals surface area contributed by atoms with Crippen LogP contribution in [0.1, 0.15) is 51.1 Å². The van der Waals surface area contributed by atoms with Crippen LogP contribution in [-0.4, -0.2) is 13.7 Å². The van der Waals surface area contributed by atoms with Crippen LogP contribution in [0.25, 0.3) is 0 Å². The van der Waals surface area contributed by atoms with E-state index in [9.17, 15) is 4.39 Å². The van der Waals surface area contributed by atoms with Crippen molar-refractivity contribution >= 4 is 0 Å². The van der Waals surface area contributed by atoms with E-state index in [0.717, 1.165) is 17.7 Å².